The van der Waals surface area contributed by atoms with Crippen molar-refractivity contribution in [2.45, 2.75) is 94.3 Å². The van der Waals surface area contributed by atoms with Crippen LogP contribution in [-0.4, -0.2) is 80.1 Å². The highest BCUT2D eigenvalue weighted by atomic mass is 32.2. The van der Waals surface area contributed by atoms with E-state index in [9.17, 15) is 19.5 Å². The molecule has 228 valence electrons. The second-order valence-corrected chi connectivity index (χ2v) is 15.6. The average molecular weight is 595 g/mol. The van der Waals surface area contributed by atoms with Crippen LogP contribution in [0.3, 0.4) is 0 Å². The molecule has 1 aromatic carbocycles. The van der Waals surface area contributed by atoms with Crippen LogP contribution in [0.25, 0.3) is 0 Å². The van der Waals surface area contributed by atoms with Crippen LogP contribution >= 0.6 is 11.8 Å². The molecular weight excluding hydrogens is 548 g/mol. The first-order valence-electron chi connectivity index (χ1n) is 15.4. The van der Waals surface area contributed by atoms with Gasteiger partial charge in [0, 0.05) is 17.3 Å². The second kappa shape index (κ2) is 11.8. The standard InChI is InChI=1S/C34H46N2O5S/c1-32(2,3)22-33(4,5)35-18-13-17-34-27(26-25(42-34)16-11-6-7-12-19-41-31(26)40)29(38)36(28(34)30(35)39)24(21-37)20-23-14-9-8-10-15-23/h8-11,13-17,24-28,37H,6-7,12,18-22H2,1-5H3/b16-11-/t24-,25-,26+,27+,28?,34+/m1/s1. The predicted molar refractivity (Wildman–Crippen MR) is 166 cm³/mol. The number of benzene rings is 1. The summed E-state index contributed by atoms with van der Waals surface area (Å²) >= 11 is 1.56. The summed E-state index contributed by atoms with van der Waals surface area (Å²) in [5, 5.41) is 10.5. The van der Waals surface area contributed by atoms with E-state index < -0.39 is 34.2 Å². The Bertz CT molecular complexity index is 1240. The molecule has 1 unspecified atom stereocenters. The number of esters is 1. The number of aliphatic hydroxyl groups excluding tert-OH is 1. The van der Waals surface area contributed by atoms with Crippen molar-refractivity contribution in [1.82, 2.24) is 9.80 Å². The summed E-state index contributed by atoms with van der Waals surface area (Å²) in [7, 11) is 0. The number of hydrogen-bond donors (Lipinski definition) is 1. The third-order valence-corrected chi connectivity index (χ3v) is 10.9. The van der Waals surface area contributed by atoms with Gasteiger partial charge >= 0.3 is 5.97 Å². The summed E-state index contributed by atoms with van der Waals surface area (Å²) in [5.41, 5.74) is 0.473. The van der Waals surface area contributed by atoms with Gasteiger partial charge in [-0.25, -0.2) is 0 Å². The van der Waals surface area contributed by atoms with Crippen LogP contribution in [0.4, 0.5) is 0 Å². The Morgan fingerprint density at radius 1 is 1.05 bits per heavy atom. The molecule has 4 aliphatic heterocycles. The van der Waals surface area contributed by atoms with Gasteiger partial charge in [-0.3, -0.25) is 14.4 Å². The Labute approximate surface area is 254 Å². The third kappa shape index (κ3) is 5.69. The van der Waals surface area contributed by atoms with Crippen molar-refractivity contribution >= 4 is 29.5 Å². The number of hydrogen-bond acceptors (Lipinski definition) is 6. The number of amides is 2. The van der Waals surface area contributed by atoms with Crippen molar-refractivity contribution in [3.8, 4) is 0 Å². The highest BCUT2D eigenvalue weighted by Crippen LogP contribution is 2.61. The largest absolute Gasteiger partial charge is 0.465 e. The zero-order valence-corrected chi connectivity index (χ0v) is 26.4. The predicted octanol–water partition coefficient (Wildman–Crippen LogP) is 4.78. The van der Waals surface area contributed by atoms with Crippen molar-refractivity contribution in [3.63, 3.8) is 0 Å². The number of cyclic esters (lactones) is 1. The number of thioether (sulfide) groups is 1. The minimum atomic E-state index is -0.947. The molecule has 6 atom stereocenters. The fraction of sp³-hybridized carbons (Fsp3) is 0.618. The summed E-state index contributed by atoms with van der Waals surface area (Å²) in [5.74, 6) is -2.19. The maximum atomic E-state index is 14.9. The maximum Gasteiger partial charge on any atom is 0.311 e. The minimum Gasteiger partial charge on any atom is -0.465 e. The van der Waals surface area contributed by atoms with Crippen LogP contribution in [0.15, 0.2) is 54.6 Å². The van der Waals surface area contributed by atoms with E-state index in [0.717, 1.165) is 31.2 Å². The zero-order valence-electron chi connectivity index (χ0n) is 25.6. The summed E-state index contributed by atoms with van der Waals surface area (Å²) in [6, 6.07) is 8.29. The number of aliphatic hydroxyl groups is 1. The van der Waals surface area contributed by atoms with Gasteiger partial charge in [0.15, 0.2) is 0 Å². The number of carbonyl (C=O) groups excluding carboxylic acids is 3. The lowest BCUT2D eigenvalue weighted by molar-refractivity contribution is -0.154. The quantitative estimate of drug-likeness (QED) is 0.377. The molecule has 0 bridgehead atoms. The monoisotopic (exact) mass is 594 g/mol. The highest BCUT2D eigenvalue weighted by Gasteiger charge is 2.72. The first kappa shape index (κ1) is 30.9. The van der Waals surface area contributed by atoms with Crippen molar-refractivity contribution in [3.05, 3.63) is 60.2 Å². The van der Waals surface area contributed by atoms with Gasteiger partial charge in [0.1, 0.15) is 6.04 Å². The number of fused-ring (bicyclic) bond motifs is 2. The lowest BCUT2D eigenvalue weighted by Gasteiger charge is -2.45. The van der Waals surface area contributed by atoms with E-state index >= 15 is 0 Å². The van der Waals surface area contributed by atoms with E-state index in [1.165, 1.54) is 0 Å². The molecular formula is C34H46N2O5S. The van der Waals surface area contributed by atoms with Gasteiger partial charge in [-0.05, 0) is 56.9 Å². The van der Waals surface area contributed by atoms with Crippen molar-refractivity contribution < 1.29 is 24.2 Å². The fourth-order valence-corrected chi connectivity index (χ4v) is 9.81. The zero-order chi connectivity index (χ0) is 30.3. The number of likely N-dealkylation sites (tertiary alicyclic amines) is 1. The fourth-order valence-electron chi connectivity index (χ4n) is 7.82. The Hall–Kier alpha value is -2.58. The van der Waals surface area contributed by atoms with Gasteiger partial charge in [-0.1, -0.05) is 75.4 Å². The Morgan fingerprint density at radius 2 is 1.79 bits per heavy atom. The molecule has 2 amide bonds. The van der Waals surface area contributed by atoms with Crippen LogP contribution in [-0.2, 0) is 25.5 Å². The molecule has 1 spiro atoms. The number of carbonyl (C=O) groups is 3. The van der Waals surface area contributed by atoms with E-state index in [-0.39, 0.29) is 35.1 Å². The molecule has 0 aliphatic carbocycles. The molecule has 2 saturated heterocycles. The smallest absolute Gasteiger partial charge is 0.311 e. The topological polar surface area (TPSA) is 87.2 Å². The molecule has 0 radical (unpaired) electrons. The van der Waals surface area contributed by atoms with E-state index in [2.05, 4.69) is 46.8 Å². The summed E-state index contributed by atoms with van der Waals surface area (Å²) in [4.78, 5) is 46.8. The normalized spacial score (nSPS) is 31.6. The molecule has 2 fully saturated rings. The number of nitrogens with zero attached hydrogens (tertiary/aromatic N) is 2. The van der Waals surface area contributed by atoms with E-state index in [1.54, 1.807) is 16.7 Å². The molecule has 42 heavy (non-hydrogen) atoms. The lowest BCUT2D eigenvalue weighted by Crippen LogP contribution is -2.60. The summed E-state index contributed by atoms with van der Waals surface area (Å²) < 4.78 is 4.80. The molecule has 8 heteroatoms. The van der Waals surface area contributed by atoms with Gasteiger partial charge in [-0.15, -0.1) is 11.8 Å². The van der Waals surface area contributed by atoms with E-state index in [4.69, 9.17) is 4.74 Å². The number of ether oxygens (including phenoxy) is 1. The number of allylic oxidation sites excluding steroid dienone is 1. The molecule has 0 aromatic heterocycles. The third-order valence-electron chi connectivity index (χ3n) is 9.15. The van der Waals surface area contributed by atoms with Crippen molar-refractivity contribution in [1.29, 1.82) is 0 Å². The van der Waals surface area contributed by atoms with Crippen LogP contribution in [0.5, 0.6) is 0 Å². The minimum absolute atomic E-state index is 0.0226. The molecule has 5 rings (SSSR count). The molecule has 4 heterocycles. The second-order valence-electron chi connectivity index (χ2n) is 14.1. The lowest BCUT2D eigenvalue weighted by atomic mass is 9.78. The van der Waals surface area contributed by atoms with E-state index in [1.807, 2.05) is 47.4 Å². The summed E-state index contributed by atoms with van der Waals surface area (Å²) in [6.07, 6.45) is 12.0. The highest BCUT2D eigenvalue weighted by molar-refractivity contribution is 8.02. The van der Waals surface area contributed by atoms with Gasteiger partial charge in [0.05, 0.1) is 35.8 Å². The van der Waals surface area contributed by atoms with Crippen LogP contribution < -0.4 is 0 Å². The van der Waals surface area contributed by atoms with Crippen LogP contribution in [0.2, 0.25) is 0 Å². The first-order valence-corrected chi connectivity index (χ1v) is 16.2. The maximum absolute atomic E-state index is 14.9. The molecule has 1 N–H and O–H groups in total. The molecule has 7 nitrogen and oxygen atoms in total. The Balaban J connectivity index is 1.63. The number of rotatable bonds is 6. The SMILES string of the molecule is CC(C)(C)CC(C)(C)N1CC=C[C@]23S[C@@H]4/C=C\CCCCOC(=O)[C@@H]4[C@H]2C(=O)N([C@@H](CO)Cc2ccccc2)C3C1=O. The molecule has 4 aliphatic rings. The Morgan fingerprint density at radius 3 is 2.48 bits per heavy atom. The van der Waals surface area contributed by atoms with Gasteiger partial charge in [0.2, 0.25) is 11.8 Å². The molecule has 0 saturated carbocycles. The average Bonchev–Trinajstić information content (AvgIpc) is 3.31. The van der Waals surface area contributed by atoms with Gasteiger partial charge in [-0.2, -0.15) is 0 Å². The van der Waals surface area contributed by atoms with Crippen LogP contribution in [0.1, 0.15) is 65.9 Å². The van der Waals surface area contributed by atoms with Gasteiger partial charge in [0.25, 0.3) is 0 Å². The van der Waals surface area contributed by atoms with Crippen molar-refractivity contribution in [2.24, 2.45) is 17.3 Å². The van der Waals surface area contributed by atoms with Crippen molar-refractivity contribution in [2.75, 3.05) is 19.8 Å². The molecule has 1 aromatic rings. The van der Waals surface area contributed by atoms with E-state index in [0.29, 0.717) is 19.6 Å². The summed E-state index contributed by atoms with van der Waals surface area (Å²) in [6.45, 7) is 11.2. The Kier molecular flexibility index (Phi) is 8.70. The first-order chi connectivity index (χ1) is 19.9. The van der Waals surface area contributed by atoms with Crippen LogP contribution in [0, 0.1) is 17.3 Å². The van der Waals surface area contributed by atoms with Gasteiger partial charge < -0.3 is 19.6 Å².